The molecular weight excluding hydrogens is 569 g/mol. The van der Waals surface area contributed by atoms with Crippen LogP contribution in [0.3, 0.4) is 0 Å². The number of hydrogen-bond acceptors (Lipinski definition) is 11. The first-order chi connectivity index (χ1) is 14.3. The van der Waals surface area contributed by atoms with E-state index in [0.717, 1.165) is 33.5 Å². The van der Waals surface area contributed by atoms with Crippen molar-refractivity contribution in [1.29, 1.82) is 0 Å². The van der Waals surface area contributed by atoms with E-state index >= 15 is 0 Å². The Bertz CT molecular complexity index is 310. The van der Waals surface area contributed by atoms with E-state index < -0.39 is 0 Å². The lowest BCUT2D eigenvalue weighted by Gasteiger charge is -2.21. The van der Waals surface area contributed by atoms with Crippen molar-refractivity contribution in [3.63, 3.8) is 0 Å². The molecule has 0 bridgehead atoms. The van der Waals surface area contributed by atoms with Gasteiger partial charge in [-0.05, 0) is 23.0 Å². The number of thioether (sulfide) groups is 7. The fraction of sp³-hybridized carbons (Fsp3) is 1.00. The zero-order valence-electron chi connectivity index (χ0n) is 17.1. The Morgan fingerprint density at radius 1 is 0.379 bits per heavy atom. The zero-order valence-corrected chi connectivity index (χ0v) is 26.4. The van der Waals surface area contributed by atoms with Gasteiger partial charge >= 0.3 is 0 Å². The van der Waals surface area contributed by atoms with Crippen molar-refractivity contribution in [3.8, 4) is 0 Å². The summed E-state index contributed by atoms with van der Waals surface area (Å²) < 4.78 is 0. The largest absolute Gasteiger partial charge is 0.179 e. The van der Waals surface area contributed by atoms with Crippen LogP contribution in [0.2, 0.25) is 0 Å². The van der Waals surface area contributed by atoms with Crippen LogP contribution in [0.4, 0.5) is 0 Å². The molecule has 0 radical (unpaired) electrons. The van der Waals surface area contributed by atoms with Crippen molar-refractivity contribution in [3.05, 3.63) is 0 Å². The predicted molar refractivity (Wildman–Crippen MR) is 175 cm³/mol. The Labute approximate surface area is 232 Å². The molecule has 2 atom stereocenters. The van der Waals surface area contributed by atoms with Gasteiger partial charge in [-0.3, -0.25) is 0 Å². The smallest absolute Gasteiger partial charge is 0.0229 e. The Balaban J connectivity index is 4.28. The molecule has 11 heteroatoms. The van der Waals surface area contributed by atoms with E-state index in [9.17, 15) is 0 Å². The van der Waals surface area contributed by atoms with Crippen LogP contribution in [0.1, 0.15) is 0 Å². The molecule has 0 spiro atoms. The molecule has 0 aliphatic rings. The summed E-state index contributed by atoms with van der Waals surface area (Å²) in [5, 5.41) is 1.52. The van der Waals surface area contributed by atoms with E-state index in [1.807, 2.05) is 23.5 Å². The van der Waals surface area contributed by atoms with Crippen LogP contribution in [0.5, 0.6) is 0 Å². The third-order valence-electron chi connectivity index (χ3n) is 3.32. The van der Waals surface area contributed by atoms with Crippen LogP contribution in [0, 0.1) is 0 Å². The van der Waals surface area contributed by atoms with Gasteiger partial charge in [-0.25, -0.2) is 0 Å². The van der Waals surface area contributed by atoms with Crippen molar-refractivity contribution in [1.82, 2.24) is 0 Å². The van der Waals surface area contributed by atoms with Gasteiger partial charge in [0.25, 0.3) is 0 Å². The molecule has 0 nitrogen and oxygen atoms in total. The maximum atomic E-state index is 4.38. The molecular formula is C18H38S11. The van der Waals surface area contributed by atoms with E-state index in [-0.39, 0.29) is 0 Å². The molecule has 176 valence electrons. The summed E-state index contributed by atoms with van der Waals surface area (Å²) in [5.74, 6) is 18.8. The highest BCUT2D eigenvalue weighted by Gasteiger charge is 2.15. The van der Waals surface area contributed by atoms with Crippen molar-refractivity contribution in [2.24, 2.45) is 0 Å². The van der Waals surface area contributed by atoms with Crippen molar-refractivity contribution < 1.29 is 0 Å². The lowest BCUT2D eigenvalue weighted by atomic mass is 10.5. The minimum absolute atomic E-state index is 0.759. The first-order valence-corrected chi connectivity index (χ1v) is 20.2. The third-order valence-corrected chi connectivity index (χ3v) is 14.8. The Morgan fingerprint density at radius 2 is 0.759 bits per heavy atom. The summed E-state index contributed by atoms with van der Waals surface area (Å²) in [6.45, 7) is 0. The molecule has 0 N–H and O–H groups in total. The molecule has 0 aliphatic carbocycles. The lowest BCUT2D eigenvalue weighted by Crippen LogP contribution is -2.18. The topological polar surface area (TPSA) is 0 Å². The van der Waals surface area contributed by atoms with Crippen molar-refractivity contribution in [2.75, 3.05) is 92.0 Å². The van der Waals surface area contributed by atoms with Crippen LogP contribution in [0.25, 0.3) is 0 Å². The molecule has 0 aromatic carbocycles. The Morgan fingerprint density at radius 3 is 1.28 bits per heavy atom. The van der Waals surface area contributed by atoms with E-state index in [1.165, 1.54) is 69.0 Å². The van der Waals surface area contributed by atoms with Crippen LogP contribution >= 0.6 is 133 Å². The van der Waals surface area contributed by atoms with Gasteiger partial charge in [-0.15, -0.1) is 0 Å². The van der Waals surface area contributed by atoms with E-state index in [0.29, 0.717) is 0 Å². The van der Waals surface area contributed by atoms with Crippen molar-refractivity contribution in [2.45, 2.75) is 10.5 Å². The Hall–Kier alpha value is 3.85. The molecule has 0 fully saturated rings. The van der Waals surface area contributed by atoms with Crippen LogP contribution in [-0.4, -0.2) is 103 Å². The van der Waals surface area contributed by atoms with E-state index in [2.05, 4.69) is 109 Å². The lowest BCUT2D eigenvalue weighted by molar-refractivity contribution is 1.10. The second-order valence-electron chi connectivity index (χ2n) is 5.79. The minimum Gasteiger partial charge on any atom is -0.179 e. The van der Waals surface area contributed by atoms with Gasteiger partial charge in [0.2, 0.25) is 0 Å². The maximum Gasteiger partial charge on any atom is 0.0229 e. The monoisotopic (exact) mass is 606 g/mol. The summed E-state index contributed by atoms with van der Waals surface area (Å²) in [6, 6.07) is 0. The van der Waals surface area contributed by atoms with Gasteiger partial charge in [0, 0.05) is 79.5 Å². The highest BCUT2D eigenvalue weighted by Crippen LogP contribution is 2.28. The van der Waals surface area contributed by atoms with Gasteiger partial charge in [0.1, 0.15) is 0 Å². The van der Waals surface area contributed by atoms with E-state index in [1.54, 1.807) is 0 Å². The van der Waals surface area contributed by atoms with Gasteiger partial charge in [-0.1, -0.05) is 0 Å². The van der Waals surface area contributed by atoms with Gasteiger partial charge in [-0.2, -0.15) is 133 Å². The average molecular weight is 607 g/mol. The quantitative estimate of drug-likeness (QED) is 0.0715. The molecule has 0 aliphatic heterocycles. The SMILES string of the molecule is SCCSCCSCC(CSCCS)SCC(CSCCS)SCCSCCS. The molecule has 2 unspecified atom stereocenters. The fourth-order valence-corrected chi connectivity index (χ4v) is 11.8. The predicted octanol–water partition coefficient (Wildman–Crippen LogP) is 6.58. The van der Waals surface area contributed by atoms with Crippen LogP contribution < -0.4 is 0 Å². The van der Waals surface area contributed by atoms with Crippen LogP contribution in [0.15, 0.2) is 0 Å². The number of hydrogen-bond donors (Lipinski definition) is 4. The normalized spacial score (nSPS) is 13.7. The third kappa shape index (κ3) is 24.8. The molecule has 0 saturated heterocycles. The maximum absolute atomic E-state index is 4.38. The fourth-order valence-electron chi connectivity index (χ4n) is 2.03. The summed E-state index contributed by atoms with van der Waals surface area (Å²) in [7, 11) is 0. The summed E-state index contributed by atoms with van der Waals surface area (Å²) in [4.78, 5) is 0. The first-order valence-electron chi connectivity index (χ1n) is 9.83. The molecule has 0 saturated carbocycles. The molecule has 0 heterocycles. The highest BCUT2D eigenvalue weighted by atomic mass is 32.2. The first kappa shape index (κ1) is 32.8. The second kappa shape index (κ2) is 28.1. The number of thiol groups is 4. The minimum atomic E-state index is 0.759. The highest BCUT2D eigenvalue weighted by molar-refractivity contribution is 8.08. The Kier molecular flexibility index (Phi) is 31.8. The van der Waals surface area contributed by atoms with Gasteiger partial charge in [0.15, 0.2) is 0 Å². The summed E-state index contributed by atoms with van der Waals surface area (Å²) >= 11 is 32.1. The van der Waals surface area contributed by atoms with Crippen molar-refractivity contribution >= 4 is 133 Å². The summed E-state index contributed by atoms with van der Waals surface area (Å²) in [6.07, 6.45) is 0. The molecule has 0 amide bonds. The number of rotatable bonds is 24. The molecule has 29 heavy (non-hydrogen) atoms. The van der Waals surface area contributed by atoms with Gasteiger partial charge < -0.3 is 0 Å². The molecule has 0 aromatic heterocycles. The molecule has 0 aromatic rings. The zero-order chi connectivity index (χ0) is 21.4. The summed E-state index contributed by atoms with van der Waals surface area (Å²) in [5.41, 5.74) is 0. The standard InChI is InChI=1S/C18H38S11/c19-1-5-23-9-10-27-14-17(13-25-7-3-21)29-16-18(15-26-8-4-22)28-12-11-24-6-2-20/h17-22H,1-16H2. The average Bonchev–Trinajstić information content (AvgIpc) is 2.73. The molecule has 0 rings (SSSR count). The van der Waals surface area contributed by atoms with Gasteiger partial charge in [0.05, 0.1) is 0 Å². The van der Waals surface area contributed by atoms with E-state index in [4.69, 9.17) is 0 Å². The van der Waals surface area contributed by atoms with Crippen LogP contribution in [-0.2, 0) is 0 Å². The second-order valence-corrected chi connectivity index (χ2v) is 16.2.